The van der Waals surface area contributed by atoms with Crippen LogP contribution in [0.2, 0.25) is 0 Å². The van der Waals surface area contributed by atoms with E-state index in [0.717, 1.165) is 66.1 Å². The van der Waals surface area contributed by atoms with Crippen LogP contribution in [-0.4, -0.2) is 0 Å². The predicted molar refractivity (Wildman–Crippen MR) is 222 cm³/mol. The van der Waals surface area contributed by atoms with Crippen LogP contribution in [0.4, 0.5) is 0 Å². The second-order valence-electron chi connectivity index (χ2n) is 13.9. The fourth-order valence-corrected chi connectivity index (χ4v) is 11.6. The second-order valence-corrected chi connectivity index (χ2v) is 16.0. The van der Waals surface area contributed by atoms with Crippen molar-refractivity contribution in [1.82, 2.24) is 0 Å². The average molecular weight is 697 g/mol. The van der Waals surface area contributed by atoms with E-state index in [2.05, 4.69) is 146 Å². The monoisotopic (exact) mass is 696 g/mol. The number of rotatable bonds is 0. The van der Waals surface area contributed by atoms with Crippen molar-refractivity contribution in [1.29, 1.82) is 0 Å². The Bertz CT molecular complexity index is 3060. The van der Waals surface area contributed by atoms with Gasteiger partial charge in [-0.3, -0.25) is 0 Å². The third-order valence-electron chi connectivity index (χ3n) is 11.3. The molecular weight excluding hydrogens is 673 g/mol. The molecule has 0 saturated carbocycles. The summed E-state index contributed by atoms with van der Waals surface area (Å²) in [7, 11) is 0. The third kappa shape index (κ3) is 3.39. The molecule has 0 aliphatic heterocycles. The molecule has 0 bridgehead atoms. The Hall–Kier alpha value is -6.20. The molecule has 240 valence electrons. The molecule has 0 spiro atoms. The molecule has 13 rings (SSSR count). The summed E-state index contributed by atoms with van der Waals surface area (Å²) < 4.78 is 19.1. The first-order chi connectivity index (χ1) is 25.8. The van der Waals surface area contributed by atoms with Crippen LogP contribution in [-0.2, 0) is 0 Å². The minimum Gasteiger partial charge on any atom is -0.455 e. The minimum atomic E-state index is 0.901. The highest BCUT2D eigenvalue weighted by molar-refractivity contribution is 7.27. The van der Waals surface area contributed by atoms with Crippen molar-refractivity contribution < 1.29 is 8.83 Å². The standard InChI is InChI=1S/C48H24O2S2/c1-5-13-37-25(9-1)33-21-17-29-30-18-22-34-26-10-2-6-14-38(26)50-46(34)42(30)44-32(20-24-36-28-12-4-8-16-40(28)52-48(36)44)31-19-23-35-27-11-3-7-15-39(27)51-47(35)43(31)41(29)45(33)49-37/h1-24H. The molecule has 8 aromatic carbocycles. The molecule has 4 heteroatoms. The minimum absolute atomic E-state index is 0.901. The fraction of sp³-hybridized carbons (Fsp3) is 0. The molecule has 1 aliphatic rings. The van der Waals surface area contributed by atoms with E-state index in [1.54, 1.807) is 0 Å². The maximum atomic E-state index is 6.96. The summed E-state index contributed by atoms with van der Waals surface area (Å²) in [4.78, 5) is 0. The lowest BCUT2D eigenvalue weighted by atomic mass is 9.79. The molecule has 0 saturated heterocycles. The molecule has 0 fully saturated rings. The topological polar surface area (TPSA) is 26.3 Å². The summed E-state index contributed by atoms with van der Waals surface area (Å²) >= 11 is 3.77. The van der Waals surface area contributed by atoms with Gasteiger partial charge >= 0.3 is 0 Å². The molecule has 1 aliphatic carbocycles. The van der Waals surface area contributed by atoms with Crippen molar-refractivity contribution in [2.75, 3.05) is 0 Å². The second kappa shape index (κ2) is 9.77. The van der Waals surface area contributed by atoms with Crippen molar-refractivity contribution >= 4 is 107 Å². The summed E-state index contributed by atoms with van der Waals surface area (Å²) in [6.07, 6.45) is 0. The van der Waals surface area contributed by atoms with Crippen LogP contribution < -0.4 is 0 Å². The molecule has 0 unspecified atom stereocenters. The Kier molecular flexibility index (Phi) is 5.17. The molecule has 0 atom stereocenters. The SMILES string of the molecule is c1ccc2c(c1)oc1c3c(ccc12)-c1ccc2c(oc4ccccc42)c1-c1c(ccc2c1sc1ccccc12)-c1ccc2c(sc4ccccc42)c1-3. The summed E-state index contributed by atoms with van der Waals surface area (Å²) in [5.41, 5.74) is 13.1. The van der Waals surface area contributed by atoms with Crippen LogP contribution in [0.15, 0.2) is 154 Å². The van der Waals surface area contributed by atoms with E-state index >= 15 is 0 Å². The number of hydrogen-bond donors (Lipinski definition) is 0. The van der Waals surface area contributed by atoms with Crippen LogP contribution in [0.5, 0.6) is 0 Å². The molecule has 2 nitrogen and oxygen atoms in total. The lowest BCUT2D eigenvalue weighted by molar-refractivity contribution is 0.669. The fourth-order valence-electron chi connectivity index (χ4n) is 9.05. The zero-order chi connectivity index (χ0) is 33.7. The Morgan fingerprint density at radius 3 is 1.12 bits per heavy atom. The molecule has 4 aromatic heterocycles. The maximum absolute atomic E-state index is 6.96. The highest BCUT2D eigenvalue weighted by atomic mass is 32.1. The quantitative estimate of drug-likeness (QED) is 0.158. The van der Waals surface area contributed by atoms with E-state index in [-0.39, 0.29) is 0 Å². The molecular formula is C48H24O2S2. The normalized spacial score (nSPS) is 12.6. The first-order valence-corrected chi connectivity index (χ1v) is 19.2. The number of fused-ring (bicyclic) bond motifs is 24. The van der Waals surface area contributed by atoms with Crippen LogP contribution in [0, 0.1) is 0 Å². The summed E-state index contributed by atoms with van der Waals surface area (Å²) in [6, 6.07) is 53.1. The number of para-hydroxylation sites is 2. The van der Waals surface area contributed by atoms with Crippen molar-refractivity contribution in [3.63, 3.8) is 0 Å². The van der Waals surface area contributed by atoms with Crippen LogP contribution in [0.3, 0.4) is 0 Å². The largest absolute Gasteiger partial charge is 0.455 e. The van der Waals surface area contributed by atoms with Crippen LogP contribution in [0.1, 0.15) is 0 Å². The van der Waals surface area contributed by atoms with E-state index in [4.69, 9.17) is 8.83 Å². The number of thiophene rings is 2. The van der Waals surface area contributed by atoms with Gasteiger partial charge in [0.05, 0.1) is 0 Å². The Morgan fingerprint density at radius 1 is 0.288 bits per heavy atom. The molecule has 0 radical (unpaired) electrons. The molecule has 0 amide bonds. The van der Waals surface area contributed by atoms with Gasteiger partial charge in [0.2, 0.25) is 0 Å². The Morgan fingerprint density at radius 2 is 0.654 bits per heavy atom. The summed E-state index contributed by atoms with van der Waals surface area (Å²) in [5.74, 6) is 0. The lowest BCUT2D eigenvalue weighted by Gasteiger charge is -2.24. The van der Waals surface area contributed by atoms with Crippen LogP contribution >= 0.6 is 22.7 Å². The van der Waals surface area contributed by atoms with Gasteiger partial charge in [0.25, 0.3) is 0 Å². The molecule has 4 heterocycles. The van der Waals surface area contributed by atoms with E-state index in [1.165, 1.54) is 62.6 Å². The average Bonchev–Trinajstić information content (AvgIpc) is 3.96. The van der Waals surface area contributed by atoms with Crippen molar-refractivity contribution in [2.24, 2.45) is 0 Å². The Balaban J connectivity index is 1.32. The highest BCUT2D eigenvalue weighted by Crippen LogP contribution is 2.58. The molecule has 0 N–H and O–H groups in total. The zero-order valence-corrected chi connectivity index (χ0v) is 29.1. The van der Waals surface area contributed by atoms with Gasteiger partial charge in [0.1, 0.15) is 22.3 Å². The van der Waals surface area contributed by atoms with Gasteiger partial charge < -0.3 is 8.83 Å². The zero-order valence-electron chi connectivity index (χ0n) is 27.5. The maximum Gasteiger partial charge on any atom is 0.143 e. The van der Waals surface area contributed by atoms with Gasteiger partial charge in [0.15, 0.2) is 0 Å². The number of hydrogen-bond acceptors (Lipinski definition) is 4. The van der Waals surface area contributed by atoms with Gasteiger partial charge in [-0.05, 0) is 58.7 Å². The van der Waals surface area contributed by atoms with Crippen molar-refractivity contribution in [2.45, 2.75) is 0 Å². The number of benzene rings is 8. The van der Waals surface area contributed by atoms with Gasteiger partial charge in [-0.2, -0.15) is 0 Å². The van der Waals surface area contributed by atoms with Gasteiger partial charge in [-0.1, -0.05) is 109 Å². The van der Waals surface area contributed by atoms with Gasteiger partial charge in [-0.15, -0.1) is 22.7 Å². The first-order valence-electron chi connectivity index (χ1n) is 17.6. The first kappa shape index (κ1) is 27.5. The van der Waals surface area contributed by atoms with Gasteiger partial charge in [-0.25, -0.2) is 0 Å². The predicted octanol–water partition coefficient (Wildman–Crippen LogP) is 15.2. The smallest absolute Gasteiger partial charge is 0.143 e. The van der Waals surface area contributed by atoms with E-state index in [0.29, 0.717) is 0 Å². The van der Waals surface area contributed by atoms with Crippen molar-refractivity contribution in [3.05, 3.63) is 146 Å². The van der Waals surface area contributed by atoms with Crippen LogP contribution in [0.25, 0.3) is 129 Å². The number of furan rings is 2. The van der Waals surface area contributed by atoms with E-state index in [9.17, 15) is 0 Å². The molecule has 12 aromatic rings. The summed E-state index contributed by atoms with van der Waals surface area (Å²) in [5, 5.41) is 9.65. The lowest BCUT2D eigenvalue weighted by Crippen LogP contribution is -1.98. The summed E-state index contributed by atoms with van der Waals surface area (Å²) in [6.45, 7) is 0. The Labute approximate surface area is 304 Å². The highest BCUT2D eigenvalue weighted by Gasteiger charge is 2.32. The van der Waals surface area contributed by atoms with E-state index in [1.807, 2.05) is 22.7 Å². The van der Waals surface area contributed by atoms with Crippen molar-refractivity contribution in [3.8, 4) is 44.5 Å². The van der Waals surface area contributed by atoms with Gasteiger partial charge in [0, 0.05) is 84.1 Å². The molecule has 52 heavy (non-hydrogen) atoms. The third-order valence-corrected chi connectivity index (χ3v) is 13.7. The van der Waals surface area contributed by atoms with E-state index < -0.39 is 0 Å².